The van der Waals surface area contributed by atoms with E-state index in [1.165, 1.54) is 15.8 Å². The predicted octanol–water partition coefficient (Wildman–Crippen LogP) is 4.79. The topological polar surface area (TPSA) is 77.6 Å². The zero-order valence-electron chi connectivity index (χ0n) is 15.4. The fourth-order valence-electron chi connectivity index (χ4n) is 2.79. The Hall–Kier alpha value is -2.32. The zero-order chi connectivity index (χ0) is 18.8. The average molecular weight is 398 g/mol. The second kappa shape index (κ2) is 7.74. The van der Waals surface area contributed by atoms with Crippen LogP contribution in [-0.2, 0) is 6.42 Å². The van der Waals surface area contributed by atoms with Gasteiger partial charge in [0.15, 0.2) is 0 Å². The van der Waals surface area contributed by atoms with Crippen LogP contribution >= 0.6 is 23.1 Å². The fourth-order valence-corrected chi connectivity index (χ4v) is 5.00. The first-order valence-corrected chi connectivity index (χ1v) is 10.5. The number of aryl methyl sites for hydroxylation is 4. The van der Waals surface area contributed by atoms with Crippen LogP contribution in [0.4, 0.5) is 0 Å². The molecule has 0 aliphatic heterocycles. The van der Waals surface area contributed by atoms with Crippen molar-refractivity contribution in [2.24, 2.45) is 0 Å². The summed E-state index contributed by atoms with van der Waals surface area (Å²) in [5, 5.41) is 6.32. The van der Waals surface area contributed by atoms with E-state index < -0.39 is 0 Å². The van der Waals surface area contributed by atoms with Gasteiger partial charge >= 0.3 is 0 Å². The minimum atomic E-state index is 0.609. The van der Waals surface area contributed by atoms with Gasteiger partial charge in [0.05, 0.1) is 0 Å². The van der Waals surface area contributed by atoms with Crippen LogP contribution in [0.3, 0.4) is 0 Å². The Morgan fingerprint density at radius 3 is 2.70 bits per heavy atom. The van der Waals surface area contributed by atoms with Gasteiger partial charge in [-0.05, 0) is 44.9 Å². The molecule has 0 unspecified atom stereocenters. The molecule has 4 aromatic heterocycles. The van der Waals surface area contributed by atoms with Crippen molar-refractivity contribution in [3.63, 3.8) is 0 Å². The second-order valence-electron chi connectivity index (χ2n) is 6.24. The van der Waals surface area contributed by atoms with Crippen LogP contribution in [0.2, 0.25) is 0 Å². The van der Waals surface area contributed by atoms with Gasteiger partial charge in [0, 0.05) is 40.4 Å². The Morgan fingerprint density at radius 1 is 1.07 bits per heavy atom. The highest BCUT2D eigenvalue weighted by Crippen LogP contribution is 2.35. The monoisotopic (exact) mass is 397 g/mol. The highest BCUT2D eigenvalue weighted by molar-refractivity contribution is 7.99. The quantitative estimate of drug-likeness (QED) is 0.263. The Bertz CT molecular complexity index is 1070. The van der Waals surface area contributed by atoms with Crippen LogP contribution in [0.5, 0.6) is 0 Å². The number of fused-ring (bicyclic) bond motifs is 1. The van der Waals surface area contributed by atoms with Crippen molar-refractivity contribution in [1.29, 1.82) is 0 Å². The van der Waals surface area contributed by atoms with Gasteiger partial charge in [0.25, 0.3) is 0 Å². The van der Waals surface area contributed by atoms with Crippen molar-refractivity contribution in [2.45, 2.75) is 38.6 Å². The van der Waals surface area contributed by atoms with E-state index in [-0.39, 0.29) is 0 Å². The summed E-state index contributed by atoms with van der Waals surface area (Å²) in [7, 11) is 0. The van der Waals surface area contributed by atoms with E-state index in [4.69, 9.17) is 4.52 Å². The van der Waals surface area contributed by atoms with Crippen molar-refractivity contribution in [3.05, 3.63) is 46.7 Å². The lowest BCUT2D eigenvalue weighted by Crippen LogP contribution is -1.94. The maximum Gasteiger partial charge on any atom is 0.226 e. The summed E-state index contributed by atoms with van der Waals surface area (Å²) in [5.74, 6) is 3.03. The van der Waals surface area contributed by atoms with E-state index in [9.17, 15) is 0 Å². The van der Waals surface area contributed by atoms with Crippen molar-refractivity contribution >= 4 is 33.3 Å². The summed E-state index contributed by atoms with van der Waals surface area (Å²) in [6.45, 7) is 6.24. The number of hydrogen-bond donors (Lipinski definition) is 0. The molecule has 27 heavy (non-hydrogen) atoms. The summed E-state index contributed by atoms with van der Waals surface area (Å²) in [6, 6.07) is 3.75. The molecule has 8 heteroatoms. The van der Waals surface area contributed by atoms with Crippen LogP contribution < -0.4 is 0 Å². The third-order valence-electron chi connectivity index (χ3n) is 4.29. The molecule has 4 heterocycles. The highest BCUT2D eigenvalue weighted by Gasteiger charge is 2.14. The SMILES string of the molecule is Cc1nc(SCCCc2nc(-c3ccncc3)no2)c2c(C)c(C)sc2n1. The number of hydrogen-bond acceptors (Lipinski definition) is 8. The van der Waals surface area contributed by atoms with Crippen LogP contribution in [0, 0.1) is 20.8 Å². The largest absolute Gasteiger partial charge is 0.339 e. The average Bonchev–Trinajstić information content (AvgIpc) is 3.24. The third-order valence-corrected chi connectivity index (χ3v) is 6.45. The minimum Gasteiger partial charge on any atom is -0.339 e. The van der Waals surface area contributed by atoms with Crippen molar-refractivity contribution < 1.29 is 4.52 Å². The minimum absolute atomic E-state index is 0.609. The lowest BCUT2D eigenvalue weighted by Gasteiger charge is -2.04. The smallest absolute Gasteiger partial charge is 0.226 e. The molecule has 0 saturated heterocycles. The third kappa shape index (κ3) is 3.86. The van der Waals surface area contributed by atoms with Gasteiger partial charge in [-0.3, -0.25) is 4.98 Å². The number of aromatic nitrogens is 5. The molecular weight excluding hydrogens is 378 g/mol. The number of thiophene rings is 1. The normalized spacial score (nSPS) is 11.4. The zero-order valence-corrected chi connectivity index (χ0v) is 17.0. The molecular formula is C19H19N5OS2. The molecule has 4 rings (SSSR count). The molecule has 0 fully saturated rings. The number of pyridine rings is 1. The van der Waals surface area contributed by atoms with Gasteiger partial charge in [0.1, 0.15) is 15.7 Å². The maximum absolute atomic E-state index is 5.37. The predicted molar refractivity (Wildman–Crippen MR) is 108 cm³/mol. The lowest BCUT2D eigenvalue weighted by molar-refractivity contribution is 0.378. The molecule has 0 bridgehead atoms. The molecule has 0 saturated carbocycles. The molecule has 138 valence electrons. The van der Waals surface area contributed by atoms with Crippen LogP contribution in [0.15, 0.2) is 34.1 Å². The standard InChI is InChI=1S/C19H19N5OS2/c1-11-12(2)27-19-16(11)18(21-13(3)22-19)26-10-4-5-15-23-17(24-25-15)14-6-8-20-9-7-14/h6-9H,4-5,10H2,1-3H3. The molecule has 0 spiro atoms. The summed E-state index contributed by atoms with van der Waals surface area (Å²) < 4.78 is 5.37. The Balaban J connectivity index is 1.40. The first-order chi connectivity index (χ1) is 13.1. The van der Waals surface area contributed by atoms with Gasteiger partial charge in [0.2, 0.25) is 11.7 Å². The van der Waals surface area contributed by atoms with Gasteiger partial charge in [-0.15, -0.1) is 23.1 Å². The first-order valence-electron chi connectivity index (χ1n) is 8.72. The lowest BCUT2D eigenvalue weighted by atomic mass is 10.2. The van der Waals surface area contributed by atoms with Gasteiger partial charge in [-0.25, -0.2) is 9.97 Å². The number of thioether (sulfide) groups is 1. The molecule has 0 radical (unpaired) electrons. The molecule has 6 nitrogen and oxygen atoms in total. The molecule has 0 aliphatic rings. The summed E-state index contributed by atoms with van der Waals surface area (Å²) in [5.41, 5.74) is 2.20. The highest BCUT2D eigenvalue weighted by atomic mass is 32.2. The van der Waals surface area contributed by atoms with Crippen LogP contribution in [0.1, 0.15) is 28.6 Å². The number of rotatable bonds is 6. The fraction of sp³-hybridized carbons (Fsp3) is 0.316. The van der Waals surface area contributed by atoms with E-state index in [1.54, 1.807) is 35.5 Å². The van der Waals surface area contributed by atoms with Crippen molar-refractivity contribution in [2.75, 3.05) is 5.75 Å². The maximum atomic E-state index is 5.37. The van der Waals surface area contributed by atoms with Crippen LogP contribution in [0.25, 0.3) is 21.6 Å². The summed E-state index contributed by atoms with van der Waals surface area (Å²) in [4.78, 5) is 20.1. The molecule has 4 aromatic rings. The Morgan fingerprint density at radius 2 is 1.89 bits per heavy atom. The Labute approximate surface area is 165 Å². The summed E-state index contributed by atoms with van der Waals surface area (Å²) >= 11 is 3.51. The van der Waals surface area contributed by atoms with Gasteiger partial charge in [-0.1, -0.05) is 5.16 Å². The molecule has 0 atom stereocenters. The molecule has 0 aliphatic carbocycles. The first kappa shape index (κ1) is 18.1. The van der Waals surface area contributed by atoms with E-state index in [1.807, 2.05) is 19.1 Å². The van der Waals surface area contributed by atoms with Gasteiger partial charge in [-0.2, -0.15) is 4.98 Å². The molecule has 0 aromatic carbocycles. The van der Waals surface area contributed by atoms with Gasteiger partial charge < -0.3 is 4.52 Å². The Kier molecular flexibility index (Phi) is 5.18. The van der Waals surface area contributed by atoms with Crippen LogP contribution in [-0.4, -0.2) is 30.8 Å². The summed E-state index contributed by atoms with van der Waals surface area (Å²) in [6.07, 6.45) is 5.14. The van der Waals surface area contributed by atoms with Crippen molar-refractivity contribution in [1.82, 2.24) is 25.1 Å². The molecule has 0 N–H and O–H groups in total. The van der Waals surface area contributed by atoms with E-state index in [0.717, 1.165) is 39.8 Å². The molecule has 0 amide bonds. The van der Waals surface area contributed by atoms with E-state index in [0.29, 0.717) is 11.7 Å². The van der Waals surface area contributed by atoms with E-state index >= 15 is 0 Å². The van der Waals surface area contributed by atoms with E-state index in [2.05, 4.69) is 38.9 Å². The second-order valence-corrected chi connectivity index (χ2v) is 8.53. The van der Waals surface area contributed by atoms with Crippen molar-refractivity contribution in [3.8, 4) is 11.4 Å². The number of nitrogens with zero attached hydrogens (tertiary/aromatic N) is 5.